The number of benzene rings is 1. The number of nitrogens with zero attached hydrogens (tertiary/aromatic N) is 3. The molecule has 0 unspecified atom stereocenters. The van der Waals surface area contributed by atoms with Gasteiger partial charge in [0.15, 0.2) is 0 Å². The summed E-state index contributed by atoms with van der Waals surface area (Å²) in [5.74, 6) is 0.0755. The summed E-state index contributed by atoms with van der Waals surface area (Å²) in [7, 11) is 0. The summed E-state index contributed by atoms with van der Waals surface area (Å²) in [5.41, 5.74) is 3.15. The van der Waals surface area contributed by atoms with Crippen molar-refractivity contribution >= 4 is 16.6 Å². The van der Waals surface area contributed by atoms with Crippen LogP contribution in [0.25, 0.3) is 16.6 Å². The Kier molecular flexibility index (Phi) is 4.85. The summed E-state index contributed by atoms with van der Waals surface area (Å²) in [6.07, 6.45) is 9.43. The van der Waals surface area contributed by atoms with E-state index < -0.39 is 6.61 Å². The van der Waals surface area contributed by atoms with Crippen molar-refractivity contribution in [2.45, 2.75) is 58.2 Å². The van der Waals surface area contributed by atoms with Crippen LogP contribution in [0.15, 0.2) is 36.4 Å². The maximum absolute atomic E-state index is 12.7. The van der Waals surface area contributed by atoms with Crippen LogP contribution < -0.4 is 4.74 Å². The first-order chi connectivity index (χ1) is 13.8. The molecule has 0 atom stereocenters. The van der Waals surface area contributed by atoms with Gasteiger partial charge in [-0.2, -0.15) is 14.0 Å². The molecule has 1 saturated carbocycles. The van der Waals surface area contributed by atoms with Crippen LogP contribution in [0.1, 0.15) is 57.3 Å². The zero-order valence-corrected chi connectivity index (χ0v) is 17.0. The first-order valence-electron chi connectivity index (χ1n) is 9.99. The third kappa shape index (κ3) is 3.39. The summed E-state index contributed by atoms with van der Waals surface area (Å²) in [4.78, 5) is 2.29. The van der Waals surface area contributed by atoms with Gasteiger partial charge in [0.1, 0.15) is 11.8 Å². The molecule has 1 aliphatic heterocycles. The van der Waals surface area contributed by atoms with Crippen LogP contribution in [0.3, 0.4) is 0 Å². The lowest BCUT2D eigenvalue weighted by atomic mass is 9.92. The number of hydrogen-bond donors (Lipinski definition) is 0. The van der Waals surface area contributed by atoms with Gasteiger partial charge in [-0.25, -0.2) is 0 Å². The molecule has 2 aliphatic rings. The van der Waals surface area contributed by atoms with Gasteiger partial charge in [-0.15, -0.1) is 0 Å². The van der Waals surface area contributed by atoms with E-state index in [4.69, 9.17) is 0 Å². The average molecular weight is 397 g/mol. The maximum atomic E-state index is 12.7. The fourth-order valence-corrected chi connectivity index (χ4v) is 4.21. The smallest absolute Gasteiger partial charge is 0.387 e. The second kappa shape index (κ2) is 7.22. The quantitative estimate of drug-likeness (QED) is 0.650. The highest BCUT2D eigenvalue weighted by Crippen LogP contribution is 2.43. The summed E-state index contributed by atoms with van der Waals surface area (Å²) in [6, 6.07) is 7.60. The molecule has 1 fully saturated rings. The zero-order valence-electron chi connectivity index (χ0n) is 17.0. The maximum Gasteiger partial charge on any atom is 0.387 e. The van der Waals surface area contributed by atoms with Crippen LogP contribution in [0, 0.1) is 11.3 Å². The second-order valence-electron chi connectivity index (χ2n) is 8.61. The molecule has 1 aromatic carbocycles. The van der Waals surface area contributed by atoms with E-state index in [-0.39, 0.29) is 11.3 Å². The topological polar surface area (TPSA) is 41.2 Å². The van der Waals surface area contributed by atoms with Crippen molar-refractivity contribution in [2.24, 2.45) is 0 Å². The van der Waals surface area contributed by atoms with Crippen LogP contribution in [0.4, 0.5) is 8.78 Å². The number of nitriles is 1. The molecule has 1 aliphatic carbocycles. The zero-order chi connectivity index (χ0) is 20.8. The highest BCUT2D eigenvalue weighted by atomic mass is 19.3. The van der Waals surface area contributed by atoms with E-state index in [1.54, 1.807) is 18.2 Å². The summed E-state index contributed by atoms with van der Waals surface area (Å²) in [6.45, 7) is 4.31. The first-order valence-corrected chi connectivity index (χ1v) is 9.99. The van der Waals surface area contributed by atoms with E-state index in [9.17, 15) is 14.0 Å². The first kappa shape index (κ1) is 19.5. The van der Waals surface area contributed by atoms with Crippen molar-refractivity contribution < 1.29 is 13.5 Å². The van der Waals surface area contributed by atoms with E-state index >= 15 is 0 Å². The molecule has 29 heavy (non-hydrogen) atoms. The molecule has 0 saturated heterocycles. The number of ether oxygens (including phenoxy) is 1. The number of fused-ring (bicyclic) bond motifs is 1. The number of rotatable bonds is 4. The Balaban J connectivity index is 1.98. The van der Waals surface area contributed by atoms with Gasteiger partial charge < -0.3 is 14.2 Å². The minimum atomic E-state index is -2.89. The molecule has 2 aromatic rings. The summed E-state index contributed by atoms with van der Waals surface area (Å²) < 4.78 is 32.3. The Bertz CT molecular complexity index is 1030. The van der Waals surface area contributed by atoms with Gasteiger partial charge in [-0.3, -0.25) is 0 Å². The lowest BCUT2D eigenvalue weighted by Gasteiger charge is -2.41. The summed E-state index contributed by atoms with van der Waals surface area (Å²) in [5, 5.41) is 10.7. The third-order valence-electron chi connectivity index (χ3n) is 5.77. The largest absolute Gasteiger partial charge is 0.435 e. The van der Waals surface area contributed by atoms with Gasteiger partial charge in [0, 0.05) is 23.5 Å². The Morgan fingerprint density at radius 1 is 1.24 bits per heavy atom. The van der Waals surface area contributed by atoms with Gasteiger partial charge in [0.2, 0.25) is 0 Å². The van der Waals surface area contributed by atoms with Gasteiger partial charge in [0.05, 0.1) is 22.5 Å². The Hall–Kier alpha value is -2.81. The van der Waals surface area contributed by atoms with Crippen molar-refractivity contribution in [2.75, 3.05) is 6.54 Å². The summed E-state index contributed by atoms with van der Waals surface area (Å²) >= 11 is 0. The predicted octanol–water partition coefficient (Wildman–Crippen LogP) is 5.85. The number of halogens is 2. The minimum absolute atomic E-state index is 0.0755. The molecule has 0 N–H and O–H groups in total. The molecule has 2 heterocycles. The number of hydrogen-bond acceptors (Lipinski definition) is 3. The Labute approximate surface area is 169 Å². The molecule has 4 rings (SSSR count). The van der Waals surface area contributed by atoms with Gasteiger partial charge in [-0.1, -0.05) is 12.2 Å². The Morgan fingerprint density at radius 2 is 2.00 bits per heavy atom. The molecule has 0 radical (unpaired) electrons. The number of allylic oxidation sites excluding steroid dienone is 2. The molecule has 0 amide bonds. The van der Waals surface area contributed by atoms with Crippen molar-refractivity contribution in [3.63, 3.8) is 0 Å². The molecule has 0 bridgehead atoms. The van der Waals surface area contributed by atoms with Crippen molar-refractivity contribution in [1.82, 2.24) is 9.47 Å². The number of alkyl halides is 2. The average Bonchev–Trinajstić information content (AvgIpc) is 2.92. The van der Waals surface area contributed by atoms with Crippen LogP contribution in [0.2, 0.25) is 0 Å². The van der Waals surface area contributed by atoms with E-state index in [1.165, 1.54) is 0 Å². The molecule has 6 heteroatoms. The van der Waals surface area contributed by atoms with Crippen molar-refractivity contribution in [3.05, 3.63) is 47.7 Å². The van der Waals surface area contributed by atoms with Crippen LogP contribution in [-0.2, 0) is 0 Å². The standard InChI is InChI=1S/C23H25F2N3O/c1-23(2,3)27-12-5-4-9-20(27)21-18(14-26)17-13-16(29-22(24)25)10-11-19(17)28(21)15-7-6-8-15/h4-5,9-11,13,15,22H,6-8,12H2,1-3H3. The van der Waals surface area contributed by atoms with Crippen molar-refractivity contribution in [3.8, 4) is 11.8 Å². The van der Waals surface area contributed by atoms with Gasteiger partial charge in [0.25, 0.3) is 0 Å². The molecular weight excluding hydrogens is 372 g/mol. The fraction of sp³-hybridized carbons (Fsp3) is 0.435. The Morgan fingerprint density at radius 3 is 2.59 bits per heavy atom. The predicted molar refractivity (Wildman–Crippen MR) is 110 cm³/mol. The van der Waals surface area contributed by atoms with Gasteiger partial charge in [-0.05, 0) is 64.3 Å². The van der Waals surface area contributed by atoms with Gasteiger partial charge >= 0.3 is 6.61 Å². The van der Waals surface area contributed by atoms with E-state index in [0.29, 0.717) is 17.0 Å². The molecule has 152 valence electrons. The van der Waals surface area contributed by atoms with Crippen LogP contribution >= 0.6 is 0 Å². The minimum Gasteiger partial charge on any atom is -0.435 e. The second-order valence-corrected chi connectivity index (χ2v) is 8.61. The van der Waals surface area contributed by atoms with E-state index in [0.717, 1.165) is 42.7 Å². The monoisotopic (exact) mass is 397 g/mol. The highest BCUT2D eigenvalue weighted by molar-refractivity contribution is 5.94. The van der Waals surface area contributed by atoms with Crippen LogP contribution in [0.5, 0.6) is 5.75 Å². The highest BCUT2D eigenvalue weighted by Gasteiger charge is 2.33. The van der Waals surface area contributed by atoms with Crippen molar-refractivity contribution in [1.29, 1.82) is 5.26 Å². The fourth-order valence-electron chi connectivity index (χ4n) is 4.21. The number of aromatic nitrogens is 1. The molecule has 4 nitrogen and oxygen atoms in total. The third-order valence-corrected chi connectivity index (χ3v) is 5.77. The molecule has 0 spiro atoms. The molecule has 1 aromatic heterocycles. The normalized spacial score (nSPS) is 17.4. The van der Waals surface area contributed by atoms with E-state index in [1.807, 2.05) is 6.08 Å². The molecular formula is C23H25F2N3O. The lowest BCUT2D eigenvalue weighted by molar-refractivity contribution is -0.0497. The van der Waals surface area contributed by atoms with E-state index in [2.05, 4.69) is 53.2 Å². The SMILES string of the molecule is CC(C)(C)N1CC=CC=C1c1c(C#N)c2cc(OC(F)F)ccc2n1C1CCC1. The van der Waals surface area contributed by atoms with Crippen LogP contribution in [-0.4, -0.2) is 28.2 Å². The lowest BCUT2D eigenvalue weighted by Crippen LogP contribution is -2.41.